The Morgan fingerprint density at radius 3 is 3.00 bits per heavy atom. The van der Waals surface area contributed by atoms with Crippen LogP contribution >= 0.6 is 11.3 Å². The number of aromatic nitrogens is 3. The molecule has 2 aromatic rings. The number of carbonyl (C=O) groups is 1. The van der Waals surface area contributed by atoms with E-state index in [1.807, 2.05) is 25.3 Å². The highest BCUT2D eigenvalue weighted by Crippen LogP contribution is 2.14. The van der Waals surface area contributed by atoms with Crippen LogP contribution in [0.5, 0.6) is 0 Å². The average molecular weight is 278 g/mol. The lowest BCUT2D eigenvalue weighted by molar-refractivity contribution is -0.124. The highest BCUT2D eigenvalue weighted by atomic mass is 32.1. The van der Waals surface area contributed by atoms with E-state index in [-0.39, 0.29) is 17.9 Å². The highest BCUT2D eigenvalue weighted by molar-refractivity contribution is 7.09. The summed E-state index contributed by atoms with van der Waals surface area (Å²) < 4.78 is 1.74. The molecule has 5 nitrogen and oxygen atoms in total. The maximum absolute atomic E-state index is 12.0. The fourth-order valence-electron chi connectivity index (χ4n) is 1.78. The molecule has 0 saturated carbocycles. The molecule has 2 atom stereocenters. The van der Waals surface area contributed by atoms with Gasteiger partial charge in [-0.05, 0) is 24.8 Å². The number of hydrogen-bond donors (Lipinski definition) is 1. The first-order chi connectivity index (χ1) is 9.16. The lowest BCUT2D eigenvalue weighted by Gasteiger charge is -2.15. The number of amides is 1. The standard InChI is InChI=1S/C13H18N4OS/c1-10(6-12-4-3-5-19-12)13(18)15-7-11(2)17-9-14-8-16-17/h3-5,8-11H,6-7H2,1-2H3,(H,15,18). The summed E-state index contributed by atoms with van der Waals surface area (Å²) in [7, 11) is 0. The van der Waals surface area contributed by atoms with Gasteiger partial charge in [0.05, 0.1) is 6.04 Å². The number of hydrogen-bond acceptors (Lipinski definition) is 4. The quantitative estimate of drug-likeness (QED) is 0.878. The first-order valence-electron chi connectivity index (χ1n) is 6.31. The van der Waals surface area contributed by atoms with Gasteiger partial charge in [0.15, 0.2) is 0 Å². The zero-order valence-corrected chi connectivity index (χ0v) is 11.9. The van der Waals surface area contributed by atoms with Crippen molar-refractivity contribution in [2.24, 2.45) is 5.92 Å². The van der Waals surface area contributed by atoms with Crippen LogP contribution in [0.25, 0.3) is 0 Å². The molecule has 2 heterocycles. The van der Waals surface area contributed by atoms with Gasteiger partial charge in [-0.3, -0.25) is 4.79 Å². The second-order valence-electron chi connectivity index (χ2n) is 4.65. The SMILES string of the molecule is CC(Cc1cccs1)C(=O)NCC(C)n1cncn1. The van der Waals surface area contributed by atoms with E-state index in [0.717, 1.165) is 6.42 Å². The summed E-state index contributed by atoms with van der Waals surface area (Å²) >= 11 is 1.69. The summed E-state index contributed by atoms with van der Waals surface area (Å²) in [6.07, 6.45) is 3.95. The van der Waals surface area contributed by atoms with E-state index in [1.165, 1.54) is 11.2 Å². The van der Waals surface area contributed by atoms with Gasteiger partial charge in [0.2, 0.25) is 5.91 Å². The normalized spacial score (nSPS) is 14.0. The topological polar surface area (TPSA) is 59.8 Å². The summed E-state index contributed by atoms with van der Waals surface area (Å²) in [5.74, 6) is 0.0713. The molecule has 0 fully saturated rings. The van der Waals surface area contributed by atoms with Crippen LogP contribution in [0, 0.1) is 5.92 Å². The van der Waals surface area contributed by atoms with Crippen LogP contribution in [0.3, 0.4) is 0 Å². The molecule has 1 N–H and O–H groups in total. The van der Waals surface area contributed by atoms with Crippen LogP contribution in [0.2, 0.25) is 0 Å². The fraction of sp³-hybridized carbons (Fsp3) is 0.462. The molecule has 1 amide bonds. The predicted octanol–water partition coefficient (Wildman–Crippen LogP) is 1.90. The molecule has 2 rings (SSSR count). The van der Waals surface area contributed by atoms with E-state index in [9.17, 15) is 4.79 Å². The van der Waals surface area contributed by atoms with Crippen molar-refractivity contribution in [3.63, 3.8) is 0 Å². The van der Waals surface area contributed by atoms with Crippen molar-refractivity contribution in [2.75, 3.05) is 6.54 Å². The summed E-state index contributed by atoms with van der Waals surface area (Å²) in [6.45, 7) is 4.52. The Balaban J connectivity index is 1.77. The molecule has 0 saturated heterocycles. The minimum Gasteiger partial charge on any atom is -0.354 e. The van der Waals surface area contributed by atoms with E-state index in [0.29, 0.717) is 6.54 Å². The zero-order valence-electron chi connectivity index (χ0n) is 11.1. The Kier molecular flexibility index (Phi) is 4.68. The molecular weight excluding hydrogens is 260 g/mol. The molecule has 0 aliphatic heterocycles. The van der Waals surface area contributed by atoms with Gasteiger partial charge in [-0.25, -0.2) is 9.67 Å². The Morgan fingerprint density at radius 1 is 1.53 bits per heavy atom. The number of thiophene rings is 1. The van der Waals surface area contributed by atoms with Gasteiger partial charge in [0.1, 0.15) is 12.7 Å². The van der Waals surface area contributed by atoms with Crippen molar-refractivity contribution in [3.05, 3.63) is 35.0 Å². The van der Waals surface area contributed by atoms with Crippen molar-refractivity contribution in [3.8, 4) is 0 Å². The van der Waals surface area contributed by atoms with Crippen molar-refractivity contribution in [1.82, 2.24) is 20.1 Å². The van der Waals surface area contributed by atoms with E-state index in [1.54, 1.807) is 22.3 Å². The van der Waals surface area contributed by atoms with Gasteiger partial charge in [-0.2, -0.15) is 5.10 Å². The molecule has 0 aromatic carbocycles. The third-order valence-corrected chi connectivity index (χ3v) is 3.89. The van der Waals surface area contributed by atoms with Crippen molar-refractivity contribution >= 4 is 17.2 Å². The highest BCUT2D eigenvalue weighted by Gasteiger charge is 2.15. The predicted molar refractivity (Wildman–Crippen MR) is 74.9 cm³/mol. The Labute approximate surface area is 116 Å². The molecule has 2 unspecified atom stereocenters. The summed E-state index contributed by atoms with van der Waals surface area (Å²) in [5.41, 5.74) is 0. The van der Waals surface area contributed by atoms with Crippen LogP contribution in [0.15, 0.2) is 30.2 Å². The van der Waals surface area contributed by atoms with Crippen molar-refractivity contribution in [2.45, 2.75) is 26.3 Å². The van der Waals surface area contributed by atoms with Gasteiger partial charge in [0.25, 0.3) is 0 Å². The molecular formula is C13H18N4OS. The zero-order chi connectivity index (χ0) is 13.7. The van der Waals surface area contributed by atoms with Crippen molar-refractivity contribution < 1.29 is 4.79 Å². The van der Waals surface area contributed by atoms with Gasteiger partial charge in [0, 0.05) is 17.3 Å². The van der Waals surface area contributed by atoms with Crippen LogP contribution in [-0.2, 0) is 11.2 Å². The first-order valence-corrected chi connectivity index (χ1v) is 7.19. The number of nitrogens with one attached hydrogen (secondary N) is 1. The fourth-order valence-corrected chi connectivity index (χ4v) is 2.62. The lowest BCUT2D eigenvalue weighted by atomic mass is 10.1. The lowest BCUT2D eigenvalue weighted by Crippen LogP contribution is -2.34. The monoisotopic (exact) mass is 278 g/mol. The average Bonchev–Trinajstić information content (AvgIpc) is 3.07. The van der Waals surface area contributed by atoms with Crippen LogP contribution in [0.1, 0.15) is 24.8 Å². The van der Waals surface area contributed by atoms with E-state index >= 15 is 0 Å². The molecule has 0 bridgehead atoms. The Hall–Kier alpha value is -1.69. The van der Waals surface area contributed by atoms with Gasteiger partial charge in [-0.1, -0.05) is 13.0 Å². The third kappa shape index (κ3) is 3.89. The smallest absolute Gasteiger partial charge is 0.223 e. The minimum atomic E-state index is -0.0124. The van der Waals surface area contributed by atoms with Crippen LogP contribution in [0.4, 0.5) is 0 Å². The number of carbonyl (C=O) groups excluding carboxylic acids is 1. The maximum atomic E-state index is 12.0. The summed E-state index contributed by atoms with van der Waals surface area (Å²) in [4.78, 5) is 17.1. The third-order valence-electron chi connectivity index (χ3n) is 2.99. The van der Waals surface area contributed by atoms with E-state index in [4.69, 9.17) is 0 Å². The van der Waals surface area contributed by atoms with E-state index < -0.39 is 0 Å². The minimum absolute atomic E-state index is 0.0124. The molecule has 102 valence electrons. The summed E-state index contributed by atoms with van der Waals surface area (Å²) in [5, 5.41) is 9.05. The second kappa shape index (κ2) is 6.47. The van der Waals surface area contributed by atoms with Gasteiger partial charge in [-0.15, -0.1) is 11.3 Å². The van der Waals surface area contributed by atoms with Crippen LogP contribution in [-0.4, -0.2) is 27.2 Å². The summed E-state index contributed by atoms with van der Waals surface area (Å²) in [6, 6.07) is 4.18. The molecule has 19 heavy (non-hydrogen) atoms. The number of nitrogens with zero attached hydrogens (tertiary/aromatic N) is 3. The Morgan fingerprint density at radius 2 is 2.37 bits per heavy atom. The van der Waals surface area contributed by atoms with Crippen molar-refractivity contribution in [1.29, 1.82) is 0 Å². The number of rotatable bonds is 6. The maximum Gasteiger partial charge on any atom is 0.223 e. The Bertz CT molecular complexity index is 495. The molecule has 0 radical (unpaired) electrons. The first kappa shape index (κ1) is 13.7. The molecule has 0 spiro atoms. The molecule has 6 heteroatoms. The van der Waals surface area contributed by atoms with E-state index in [2.05, 4.69) is 21.5 Å². The molecule has 0 aliphatic carbocycles. The largest absolute Gasteiger partial charge is 0.354 e. The van der Waals surface area contributed by atoms with Crippen LogP contribution < -0.4 is 5.32 Å². The molecule has 2 aromatic heterocycles. The van der Waals surface area contributed by atoms with Gasteiger partial charge < -0.3 is 5.32 Å². The second-order valence-corrected chi connectivity index (χ2v) is 5.69. The van der Waals surface area contributed by atoms with Gasteiger partial charge >= 0.3 is 0 Å². The molecule has 0 aliphatic rings.